The maximum Gasteiger partial charge on any atom is 0.471 e. The molecule has 2 aromatic carbocycles. The number of anilines is 1. The molecule has 1 aromatic heterocycles. The fourth-order valence-corrected chi connectivity index (χ4v) is 3.48. The minimum atomic E-state index is -5.06. The molecule has 1 atom stereocenters. The number of nitrogens with one attached hydrogen (secondary N) is 2. The van der Waals surface area contributed by atoms with Crippen molar-refractivity contribution in [3.8, 4) is 0 Å². The third-order valence-corrected chi connectivity index (χ3v) is 4.97. The van der Waals surface area contributed by atoms with E-state index in [-0.39, 0.29) is 0 Å². The van der Waals surface area contributed by atoms with Crippen molar-refractivity contribution < 1.29 is 22.8 Å². The molecule has 0 spiro atoms. The largest absolute Gasteiger partial charge is 0.471 e. The highest BCUT2D eigenvalue weighted by Crippen LogP contribution is 2.27. The second kappa shape index (κ2) is 8.15. The molecular weight excluding hydrogens is 415 g/mol. The summed E-state index contributed by atoms with van der Waals surface area (Å²) in [4.78, 5) is 28.0. The van der Waals surface area contributed by atoms with Gasteiger partial charge >= 0.3 is 12.1 Å². The Bertz CT molecular complexity index is 972. The number of rotatable bonds is 5. The van der Waals surface area contributed by atoms with Gasteiger partial charge in [-0.1, -0.05) is 47.2 Å². The molecule has 1 heterocycles. The van der Waals surface area contributed by atoms with Crippen LogP contribution in [0.5, 0.6) is 0 Å². The average molecular weight is 428 g/mol. The van der Waals surface area contributed by atoms with Gasteiger partial charge in [0.25, 0.3) is 0 Å². The van der Waals surface area contributed by atoms with Crippen molar-refractivity contribution in [3.63, 3.8) is 0 Å². The highest BCUT2D eigenvalue weighted by atomic mass is 35.5. The number of hydrogen-bond acceptors (Lipinski definition) is 4. The van der Waals surface area contributed by atoms with Crippen molar-refractivity contribution in [2.24, 2.45) is 0 Å². The molecule has 146 valence electrons. The fourth-order valence-electron chi connectivity index (χ4n) is 2.47. The number of para-hydroxylation sites is 1. The normalized spacial score (nSPS) is 12.6. The molecule has 3 rings (SSSR count). The van der Waals surface area contributed by atoms with E-state index in [0.717, 1.165) is 4.70 Å². The van der Waals surface area contributed by atoms with Crippen LogP contribution in [0.1, 0.15) is 18.0 Å². The Hall–Kier alpha value is -2.65. The lowest BCUT2D eigenvalue weighted by molar-refractivity contribution is -0.174. The smallest absolute Gasteiger partial charge is 0.341 e. The lowest BCUT2D eigenvalue weighted by atomic mass is 10.0. The van der Waals surface area contributed by atoms with Crippen LogP contribution in [0, 0.1) is 0 Å². The zero-order valence-corrected chi connectivity index (χ0v) is 15.7. The molecule has 0 aliphatic carbocycles. The van der Waals surface area contributed by atoms with Gasteiger partial charge in [0.2, 0.25) is 5.91 Å². The van der Waals surface area contributed by atoms with E-state index in [2.05, 4.69) is 10.3 Å². The van der Waals surface area contributed by atoms with Crippen molar-refractivity contribution in [3.05, 3.63) is 59.1 Å². The highest BCUT2D eigenvalue weighted by Gasteiger charge is 2.40. The molecule has 0 unspecified atom stereocenters. The highest BCUT2D eigenvalue weighted by molar-refractivity contribution is 7.22. The molecule has 2 N–H and O–H groups in total. The molecule has 0 bridgehead atoms. The predicted molar refractivity (Wildman–Crippen MR) is 101 cm³/mol. The Kier molecular flexibility index (Phi) is 5.85. The number of fused-ring (bicyclic) bond motifs is 1. The molecule has 10 heteroatoms. The Labute approximate surface area is 166 Å². The van der Waals surface area contributed by atoms with Crippen LogP contribution < -0.4 is 10.6 Å². The number of aromatic nitrogens is 1. The SMILES string of the molecule is O=C(C[C@H](NC(=O)C(F)(F)F)c1ccc(Cl)cc1)Nc1nc2ccccc2s1. The third kappa shape index (κ3) is 4.99. The maximum absolute atomic E-state index is 12.6. The van der Waals surface area contributed by atoms with E-state index in [1.54, 1.807) is 12.1 Å². The summed E-state index contributed by atoms with van der Waals surface area (Å²) in [6, 6.07) is 11.9. The van der Waals surface area contributed by atoms with Crippen molar-refractivity contribution in [2.75, 3.05) is 5.32 Å². The standard InChI is InChI=1S/C18H13ClF3N3O2S/c19-11-7-5-10(6-8-11)13(23-16(27)18(20,21)22)9-15(26)25-17-24-12-3-1-2-4-14(12)28-17/h1-8,13H,9H2,(H,23,27)(H,24,25,26)/t13-/m0/s1. The number of carbonyl (C=O) groups is 2. The topological polar surface area (TPSA) is 71.1 Å². The summed E-state index contributed by atoms with van der Waals surface area (Å²) < 4.78 is 38.8. The molecule has 0 fully saturated rings. The molecular formula is C18H13ClF3N3O2S. The van der Waals surface area contributed by atoms with Crippen LogP contribution in [0.25, 0.3) is 10.2 Å². The monoisotopic (exact) mass is 427 g/mol. The number of amides is 2. The van der Waals surface area contributed by atoms with Crippen LogP contribution in [-0.2, 0) is 9.59 Å². The number of thiazole rings is 1. The van der Waals surface area contributed by atoms with Crippen molar-refractivity contribution in [1.82, 2.24) is 10.3 Å². The number of nitrogens with zero attached hydrogens (tertiary/aromatic N) is 1. The Morgan fingerprint density at radius 2 is 1.79 bits per heavy atom. The van der Waals surface area contributed by atoms with Gasteiger partial charge in [0.1, 0.15) is 0 Å². The van der Waals surface area contributed by atoms with E-state index < -0.39 is 30.5 Å². The van der Waals surface area contributed by atoms with Crippen LogP contribution in [0.2, 0.25) is 5.02 Å². The van der Waals surface area contributed by atoms with E-state index in [0.29, 0.717) is 21.2 Å². The summed E-state index contributed by atoms with van der Waals surface area (Å²) >= 11 is 7.03. The van der Waals surface area contributed by atoms with Crippen LogP contribution in [0.15, 0.2) is 48.5 Å². The molecule has 0 saturated carbocycles. The molecule has 5 nitrogen and oxygen atoms in total. The number of halogens is 4. The van der Waals surface area contributed by atoms with Gasteiger partial charge in [-0.3, -0.25) is 9.59 Å². The first-order valence-corrected chi connectivity index (χ1v) is 9.20. The average Bonchev–Trinajstić information content (AvgIpc) is 3.03. The summed E-state index contributed by atoms with van der Waals surface area (Å²) in [5, 5.41) is 5.12. The second-order valence-corrected chi connectivity index (χ2v) is 7.28. The van der Waals surface area contributed by atoms with E-state index in [9.17, 15) is 22.8 Å². The van der Waals surface area contributed by atoms with Crippen molar-refractivity contribution in [2.45, 2.75) is 18.6 Å². The van der Waals surface area contributed by atoms with E-state index >= 15 is 0 Å². The van der Waals surface area contributed by atoms with Crippen LogP contribution in [0.3, 0.4) is 0 Å². The second-order valence-electron chi connectivity index (χ2n) is 5.81. The van der Waals surface area contributed by atoms with E-state index in [4.69, 9.17) is 11.6 Å². The molecule has 0 saturated heterocycles. The van der Waals surface area contributed by atoms with Gasteiger partial charge < -0.3 is 10.6 Å². The van der Waals surface area contributed by atoms with Gasteiger partial charge in [-0.15, -0.1) is 0 Å². The molecule has 0 aliphatic rings. The Morgan fingerprint density at radius 1 is 1.11 bits per heavy atom. The lowest BCUT2D eigenvalue weighted by Crippen LogP contribution is -2.40. The van der Waals surface area contributed by atoms with E-state index in [1.165, 1.54) is 35.6 Å². The summed E-state index contributed by atoms with van der Waals surface area (Å²) in [5.74, 6) is -2.71. The van der Waals surface area contributed by atoms with Crippen molar-refractivity contribution in [1.29, 1.82) is 0 Å². The Morgan fingerprint density at radius 3 is 2.43 bits per heavy atom. The minimum absolute atomic E-state index is 0.321. The van der Waals surface area contributed by atoms with Gasteiger partial charge in [0.15, 0.2) is 5.13 Å². The minimum Gasteiger partial charge on any atom is -0.341 e. The lowest BCUT2D eigenvalue weighted by Gasteiger charge is -2.19. The van der Waals surface area contributed by atoms with Crippen molar-refractivity contribution >= 4 is 50.1 Å². The number of hydrogen-bond donors (Lipinski definition) is 2. The van der Waals surface area contributed by atoms with E-state index in [1.807, 2.05) is 17.4 Å². The first kappa shape index (κ1) is 20.1. The number of alkyl halides is 3. The molecule has 2 amide bonds. The zero-order valence-electron chi connectivity index (χ0n) is 14.1. The summed E-state index contributed by atoms with van der Waals surface area (Å²) in [6.45, 7) is 0. The van der Waals surface area contributed by atoms with Crippen LogP contribution >= 0.6 is 22.9 Å². The molecule has 3 aromatic rings. The Balaban J connectivity index is 1.76. The molecule has 28 heavy (non-hydrogen) atoms. The summed E-state index contributed by atoms with van der Waals surface area (Å²) in [7, 11) is 0. The van der Waals surface area contributed by atoms with Gasteiger partial charge in [-0.05, 0) is 29.8 Å². The number of carbonyl (C=O) groups excluding carboxylic acids is 2. The maximum atomic E-state index is 12.6. The third-order valence-electron chi connectivity index (χ3n) is 3.76. The zero-order chi connectivity index (χ0) is 20.3. The van der Waals surface area contributed by atoms with Gasteiger partial charge in [-0.25, -0.2) is 4.98 Å². The van der Waals surface area contributed by atoms with Gasteiger partial charge in [0, 0.05) is 5.02 Å². The first-order valence-electron chi connectivity index (χ1n) is 8.01. The molecule has 0 radical (unpaired) electrons. The predicted octanol–water partition coefficient (Wildman–Crippen LogP) is 4.70. The number of benzene rings is 2. The molecule has 0 aliphatic heterocycles. The van der Waals surface area contributed by atoms with Gasteiger partial charge in [-0.2, -0.15) is 13.2 Å². The van der Waals surface area contributed by atoms with Crippen LogP contribution in [0.4, 0.5) is 18.3 Å². The summed E-state index contributed by atoms with van der Waals surface area (Å²) in [5.41, 5.74) is 1.02. The van der Waals surface area contributed by atoms with Crippen LogP contribution in [-0.4, -0.2) is 23.0 Å². The summed E-state index contributed by atoms with van der Waals surface area (Å²) in [6.07, 6.45) is -5.46. The quantitative estimate of drug-likeness (QED) is 0.620. The fraction of sp³-hybridized carbons (Fsp3) is 0.167. The van der Waals surface area contributed by atoms with Gasteiger partial charge in [0.05, 0.1) is 22.7 Å². The first-order chi connectivity index (χ1) is 13.2.